The average molecular weight is 248 g/mol. The number of aromatic nitrogens is 2. The van der Waals surface area contributed by atoms with Crippen molar-refractivity contribution in [3.8, 4) is 0 Å². The summed E-state index contributed by atoms with van der Waals surface area (Å²) < 4.78 is 0. The molecule has 0 atom stereocenters. The fourth-order valence-corrected chi connectivity index (χ4v) is 2.25. The molecule has 17 heavy (non-hydrogen) atoms. The molecule has 0 unspecified atom stereocenters. The molecule has 90 valence electrons. The van der Waals surface area contributed by atoms with Crippen LogP contribution in [0.2, 0.25) is 0 Å². The molecule has 2 N–H and O–H groups in total. The Hall–Kier alpha value is -1.62. The van der Waals surface area contributed by atoms with Gasteiger partial charge in [-0.15, -0.1) is 11.3 Å². The highest BCUT2D eigenvalue weighted by molar-refractivity contribution is 7.09. The van der Waals surface area contributed by atoms with Crippen molar-refractivity contribution in [1.82, 2.24) is 9.97 Å². The van der Waals surface area contributed by atoms with E-state index in [0.29, 0.717) is 5.95 Å². The summed E-state index contributed by atoms with van der Waals surface area (Å²) in [7, 11) is 1.82. The standard InChI is InChI=1S/C12H16N4S/c1-9-8-11(16-12(13-2)15-9)14-6-5-10-4-3-7-17-10/h3-4,7-8H,5-6H2,1-2H3,(H2,13,14,15,16). The van der Waals surface area contributed by atoms with E-state index < -0.39 is 0 Å². The third kappa shape index (κ3) is 3.42. The van der Waals surface area contributed by atoms with Crippen LogP contribution in [-0.4, -0.2) is 23.6 Å². The Labute approximate surface area is 105 Å². The first kappa shape index (κ1) is 11.9. The van der Waals surface area contributed by atoms with Gasteiger partial charge in [-0.1, -0.05) is 6.07 Å². The van der Waals surface area contributed by atoms with Gasteiger partial charge in [0.25, 0.3) is 0 Å². The molecule has 0 radical (unpaired) electrons. The maximum absolute atomic E-state index is 4.34. The Morgan fingerprint density at radius 2 is 2.24 bits per heavy atom. The van der Waals surface area contributed by atoms with Crippen LogP contribution in [0.15, 0.2) is 23.6 Å². The van der Waals surface area contributed by atoms with E-state index in [1.165, 1.54) is 4.88 Å². The first-order chi connectivity index (χ1) is 8.28. The van der Waals surface area contributed by atoms with Crippen LogP contribution in [0.4, 0.5) is 11.8 Å². The SMILES string of the molecule is CNc1nc(C)cc(NCCc2cccs2)n1. The lowest BCUT2D eigenvalue weighted by molar-refractivity contribution is 1.01. The van der Waals surface area contributed by atoms with Crippen molar-refractivity contribution in [1.29, 1.82) is 0 Å². The predicted molar refractivity (Wildman–Crippen MR) is 72.8 cm³/mol. The van der Waals surface area contributed by atoms with Crippen LogP contribution in [0.25, 0.3) is 0 Å². The predicted octanol–water partition coefficient (Wildman–Crippen LogP) is 2.54. The van der Waals surface area contributed by atoms with Crippen LogP contribution in [-0.2, 0) is 6.42 Å². The van der Waals surface area contributed by atoms with Gasteiger partial charge >= 0.3 is 0 Å². The van der Waals surface area contributed by atoms with Gasteiger partial charge in [0.15, 0.2) is 0 Å². The van der Waals surface area contributed by atoms with Gasteiger partial charge in [0, 0.05) is 30.2 Å². The molecule has 0 saturated carbocycles. The highest BCUT2D eigenvalue weighted by atomic mass is 32.1. The Bertz CT molecular complexity index is 467. The van der Waals surface area contributed by atoms with Gasteiger partial charge in [0.2, 0.25) is 5.95 Å². The molecule has 4 nitrogen and oxygen atoms in total. The van der Waals surface area contributed by atoms with Crippen molar-refractivity contribution in [3.63, 3.8) is 0 Å². The van der Waals surface area contributed by atoms with Crippen LogP contribution in [0, 0.1) is 6.92 Å². The Morgan fingerprint density at radius 3 is 2.94 bits per heavy atom. The van der Waals surface area contributed by atoms with Gasteiger partial charge in [-0.3, -0.25) is 0 Å². The number of nitrogens with zero attached hydrogens (tertiary/aromatic N) is 2. The Morgan fingerprint density at radius 1 is 1.35 bits per heavy atom. The largest absolute Gasteiger partial charge is 0.370 e. The lowest BCUT2D eigenvalue weighted by atomic mass is 10.3. The quantitative estimate of drug-likeness (QED) is 0.853. The summed E-state index contributed by atoms with van der Waals surface area (Å²) in [5.41, 5.74) is 0.961. The second-order valence-electron chi connectivity index (χ2n) is 3.72. The van der Waals surface area contributed by atoms with Crippen molar-refractivity contribution in [3.05, 3.63) is 34.2 Å². The van der Waals surface area contributed by atoms with Crippen molar-refractivity contribution >= 4 is 23.1 Å². The molecule has 2 rings (SSSR count). The molecular weight excluding hydrogens is 232 g/mol. The molecule has 2 aromatic rings. The van der Waals surface area contributed by atoms with Gasteiger partial charge in [-0.25, -0.2) is 4.98 Å². The van der Waals surface area contributed by atoms with E-state index >= 15 is 0 Å². The smallest absolute Gasteiger partial charge is 0.224 e. The molecule has 0 spiro atoms. The normalized spacial score (nSPS) is 10.2. The van der Waals surface area contributed by atoms with E-state index in [4.69, 9.17) is 0 Å². The molecule has 2 heterocycles. The fraction of sp³-hybridized carbons (Fsp3) is 0.333. The summed E-state index contributed by atoms with van der Waals surface area (Å²) in [6, 6.07) is 6.18. The minimum Gasteiger partial charge on any atom is -0.370 e. The highest BCUT2D eigenvalue weighted by Gasteiger charge is 2.00. The van der Waals surface area contributed by atoms with Crippen LogP contribution in [0.3, 0.4) is 0 Å². The second-order valence-corrected chi connectivity index (χ2v) is 4.76. The monoisotopic (exact) mass is 248 g/mol. The lowest BCUT2D eigenvalue weighted by Gasteiger charge is -2.07. The Balaban J connectivity index is 1.92. The first-order valence-electron chi connectivity index (χ1n) is 5.57. The second kappa shape index (κ2) is 5.63. The maximum atomic E-state index is 4.34. The minimum absolute atomic E-state index is 0.656. The molecule has 0 aliphatic carbocycles. The Kier molecular flexibility index (Phi) is 3.93. The van der Waals surface area contributed by atoms with Gasteiger partial charge < -0.3 is 10.6 Å². The third-order valence-corrected chi connectivity index (χ3v) is 3.27. The zero-order chi connectivity index (χ0) is 12.1. The van der Waals surface area contributed by atoms with E-state index in [0.717, 1.165) is 24.5 Å². The molecule has 0 amide bonds. The number of rotatable bonds is 5. The maximum Gasteiger partial charge on any atom is 0.224 e. The number of thiophene rings is 1. The molecule has 5 heteroatoms. The number of hydrogen-bond donors (Lipinski definition) is 2. The van der Waals surface area contributed by atoms with Crippen molar-refractivity contribution in [2.24, 2.45) is 0 Å². The highest BCUT2D eigenvalue weighted by Crippen LogP contribution is 2.11. The molecule has 2 aromatic heterocycles. The molecule has 0 saturated heterocycles. The summed E-state index contributed by atoms with van der Waals surface area (Å²) in [5, 5.41) is 8.37. The van der Waals surface area contributed by atoms with E-state index in [-0.39, 0.29) is 0 Å². The van der Waals surface area contributed by atoms with Crippen molar-refractivity contribution < 1.29 is 0 Å². The zero-order valence-corrected chi connectivity index (χ0v) is 10.8. The van der Waals surface area contributed by atoms with Gasteiger partial charge in [-0.05, 0) is 24.8 Å². The summed E-state index contributed by atoms with van der Waals surface area (Å²) in [5.74, 6) is 1.53. The zero-order valence-electron chi connectivity index (χ0n) is 10.0. The molecule has 0 aliphatic heterocycles. The number of aryl methyl sites for hydroxylation is 1. The van der Waals surface area contributed by atoms with E-state index in [1.54, 1.807) is 11.3 Å². The molecular formula is C12H16N4S. The van der Waals surface area contributed by atoms with Crippen molar-refractivity contribution in [2.75, 3.05) is 24.2 Å². The molecule has 0 fully saturated rings. The molecule has 0 aromatic carbocycles. The molecule has 0 aliphatic rings. The van der Waals surface area contributed by atoms with Crippen LogP contribution in [0.1, 0.15) is 10.6 Å². The average Bonchev–Trinajstić information content (AvgIpc) is 2.81. The lowest BCUT2D eigenvalue weighted by Crippen LogP contribution is -2.08. The number of nitrogens with one attached hydrogen (secondary N) is 2. The summed E-state index contributed by atoms with van der Waals surface area (Å²) in [6.45, 7) is 2.85. The summed E-state index contributed by atoms with van der Waals surface area (Å²) >= 11 is 1.78. The van der Waals surface area contributed by atoms with E-state index in [2.05, 4.69) is 38.1 Å². The number of anilines is 2. The fourth-order valence-electron chi connectivity index (χ4n) is 1.54. The van der Waals surface area contributed by atoms with E-state index in [1.807, 2.05) is 20.0 Å². The van der Waals surface area contributed by atoms with E-state index in [9.17, 15) is 0 Å². The number of hydrogen-bond acceptors (Lipinski definition) is 5. The minimum atomic E-state index is 0.656. The van der Waals surface area contributed by atoms with Crippen LogP contribution >= 0.6 is 11.3 Å². The van der Waals surface area contributed by atoms with Crippen molar-refractivity contribution in [2.45, 2.75) is 13.3 Å². The van der Waals surface area contributed by atoms with Crippen LogP contribution < -0.4 is 10.6 Å². The van der Waals surface area contributed by atoms with Gasteiger partial charge in [-0.2, -0.15) is 4.98 Å². The van der Waals surface area contributed by atoms with Gasteiger partial charge in [0.1, 0.15) is 5.82 Å². The first-order valence-corrected chi connectivity index (χ1v) is 6.45. The van der Waals surface area contributed by atoms with Gasteiger partial charge in [0.05, 0.1) is 0 Å². The molecule has 0 bridgehead atoms. The summed E-state index contributed by atoms with van der Waals surface area (Å²) in [6.07, 6.45) is 1.02. The topological polar surface area (TPSA) is 49.8 Å². The summed E-state index contributed by atoms with van der Waals surface area (Å²) in [4.78, 5) is 9.98. The van der Waals surface area contributed by atoms with Crippen LogP contribution in [0.5, 0.6) is 0 Å². The third-order valence-electron chi connectivity index (χ3n) is 2.34.